The molecule has 0 unspecified atom stereocenters. The zero-order valence-corrected chi connectivity index (χ0v) is 20.0. The van der Waals surface area contributed by atoms with Crippen molar-refractivity contribution in [2.75, 3.05) is 34.4 Å². The number of halogens is 1. The second kappa shape index (κ2) is 13.9. The van der Waals surface area contributed by atoms with E-state index >= 15 is 0 Å². The first-order valence-corrected chi connectivity index (χ1v) is 9.57. The standard InChI is InChI=1S/C22H31N3O3.HI/c1-5-23-22(24-15-9-12-17-10-7-6-8-11-17)25-16-18-13-14-19(26-2)21(28-4)20(18)27-3;/h6-8,10-11,13-14H,5,9,12,15-16H2,1-4H3,(H2,23,24,25);1H. The Balaban J connectivity index is 0.00000420. The van der Waals surface area contributed by atoms with Gasteiger partial charge in [0.25, 0.3) is 0 Å². The monoisotopic (exact) mass is 513 g/mol. The maximum atomic E-state index is 5.53. The number of benzene rings is 2. The molecule has 7 heteroatoms. The third-order valence-electron chi connectivity index (χ3n) is 4.31. The number of ether oxygens (including phenoxy) is 3. The number of aryl methyl sites for hydroxylation is 1. The van der Waals surface area contributed by atoms with Crippen LogP contribution in [0.3, 0.4) is 0 Å². The van der Waals surface area contributed by atoms with Gasteiger partial charge >= 0.3 is 0 Å². The second-order valence-electron chi connectivity index (χ2n) is 6.20. The first-order valence-electron chi connectivity index (χ1n) is 9.57. The van der Waals surface area contributed by atoms with Crippen LogP contribution in [0.4, 0.5) is 0 Å². The van der Waals surface area contributed by atoms with Gasteiger partial charge in [-0.05, 0) is 37.5 Å². The third-order valence-corrected chi connectivity index (χ3v) is 4.31. The van der Waals surface area contributed by atoms with Crippen molar-refractivity contribution < 1.29 is 14.2 Å². The number of hydrogen-bond acceptors (Lipinski definition) is 4. The van der Waals surface area contributed by atoms with Crippen LogP contribution in [0.25, 0.3) is 0 Å². The van der Waals surface area contributed by atoms with Crippen LogP contribution in [0.2, 0.25) is 0 Å². The minimum absolute atomic E-state index is 0. The molecule has 0 atom stereocenters. The van der Waals surface area contributed by atoms with Gasteiger partial charge in [0, 0.05) is 18.7 Å². The Morgan fingerprint density at radius 2 is 1.62 bits per heavy atom. The number of nitrogens with one attached hydrogen (secondary N) is 2. The van der Waals surface area contributed by atoms with Gasteiger partial charge in [-0.3, -0.25) is 0 Å². The summed E-state index contributed by atoms with van der Waals surface area (Å²) in [4.78, 5) is 4.69. The van der Waals surface area contributed by atoms with E-state index in [0.717, 1.165) is 37.5 Å². The number of methoxy groups -OCH3 is 3. The van der Waals surface area contributed by atoms with Crippen LogP contribution in [-0.4, -0.2) is 40.4 Å². The maximum absolute atomic E-state index is 5.53. The van der Waals surface area contributed by atoms with Crippen molar-refractivity contribution in [3.05, 3.63) is 53.6 Å². The summed E-state index contributed by atoms with van der Waals surface area (Å²) in [6, 6.07) is 14.3. The van der Waals surface area contributed by atoms with E-state index in [9.17, 15) is 0 Å². The fourth-order valence-electron chi connectivity index (χ4n) is 2.94. The van der Waals surface area contributed by atoms with Crippen LogP contribution in [0.1, 0.15) is 24.5 Å². The van der Waals surface area contributed by atoms with Gasteiger partial charge in [-0.2, -0.15) is 0 Å². The Labute approximate surface area is 191 Å². The summed E-state index contributed by atoms with van der Waals surface area (Å²) in [6.45, 7) is 4.17. The summed E-state index contributed by atoms with van der Waals surface area (Å²) in [7, 11) is 4.83. The molecule has 0 aliphatic heterocycles. The van der Waals surface area contributed by atoms with Gasteiger partial charge in [0.1, 0.15) is 0 Å². The number of hydrogen-bond donors (Lipinski definition) is 2. The van der Waals surface area contributed by atoms with Crippen molar-refractivity contribution in [3.8, 4) is 17.2 Å². The van der Waals surface area contributed by atoms with Crippen molar-refractivity contribution >= 4 is 29.9 Å². The largest absolute Gasteiger partial charge is 0.493 e. The van der Waals surface area contributed by atoms with Gasteiger partial charge < -0.3 is 24.8 Å². The molecule has 0 radical (unpaired) electrons. The number of guanidine groups is 1. The molecule has 2 aromatic carbocycles. The van der Waals surface area contributed by atoms with Crippen LogP contribution in [0, 0.1) is 0 Å². The summed E-state index contributed by atoms with van der Waals surface area (Å²) >= 11 is 0. The Kier molecular flexibility index (Phi) is 11.9. The normalized spacial score (nSPS) is 10.7. The predicted molar refractivity (Wildman–Crippen MR) is 129 cm³/mol. The molecule has 0 aromatic heterocycles. The van der Waals surface area contributed by atoms with Gasteiger partial charge in [-0.25, -0.2) is 4.99 Å². The van der Waals surface area contributed by atoms with Gasteiger partial charge in [0.15, 0.2) is 17.5 Å². The third kappa shape index (κ3) is 7.64. The van der Waals surface area contributed by atoms with Crippen molar-refractivity contribution in [2.24, 2.45) is 4.99 Å². The van der Waals surface area contributed by atoms with Crippen LogP contribution in [0.15, 0.2) is 47.5 Å². The second-order valence-corrected chi connectivity index (χ2v) is 6.20. The Morgan fingerprint density at radius 3 is 2.24 bits per heavy atom. The zero-order chi connectivity index (χ0) is 20.2. The fourth-order valence-corrected chi connectivity index (χ4v) is 2.94. The summed E-state index contributed by atoms with van der Waals surface area (Å²) in [5.74, 6) is 2.65. The summed E-state index contributed by atoms with van der Waals surface area (Å²) in [6.07, 6.45) is 2.07. The van der Waals surface area contributed by atoms with E-state index in [1.54, 1.807) is 21.3 Å². The number of rotatable bonds is 10. The Bertz CT molecular complexity index is 754. The fraction of sp³-hybridized carbons (Fsp3) is 0.409. The molecule has 29 heavy (non-hydrogen) atoms. The van der Waals surface area contributed by atoms with Crippen LogP contribution in [0.5, 0.6) is 17.2 Å². The van der Waals surface area contributed by atoms with E-state index in [0.29, 0.717) is 23.8 Å². The lowest BCUT2D eigenvalue weighted by atomic mass is 10.1. The van der Waals surface area contributed by atoms with Crippen LogP contribution < -0.4 is 24.8 Å². The highest BCUT2D eigenvalue weighted by molar-refractivity contribution is 14.0. The lowest BCUT2D eigenvalue weighted by Crippen LogP contribution is -2.37. The highest BCUT2D eigenvalue weighted by Crippen LogP contribution is 2.39. The minimum atomic E-state index is 0. The van der Waals surface area contributed by atoms with E-state index < -0.39 is 0 Å². The molecule has 0 bridgehead atoms. The van der Waals surface area contributed by atoms with Gasteiger partial charge in [0.05, 0.1) is 27.9 Å². The lowest BCUT2D eigenvalue weighted by molar-refractivity contribution is 0.322. The smallest absolute Gasteiger partial charge is 0.203 e. The minimum Gasteiger partial charge on any atom is -0.493 e. The SMILES string of the molecule is CCNC(=NCc1ccc(OC)c(OC)c1OC)NCCCc1ccccc1.I. The Morgan fingerprint density at radius 1 is 0.897 bits per heavy atom. The number of nitrogens with zero attached hydrogens (tertiary/aromatic N) is 1. The number of aliphatic imine (C=N–C) groups is 1. The quantitative estimate of drug-likeness (QED) is 0.218. The molecule has 2 rings (SSSR count). The van der Waals surface area contributed by atoms with Gasteiger partial charge in [0.2, 0.25) is 5.75 Å². The molecule has 2 aromatic rings. The molecule has 0 saturated heterocycles. The topological polar surface area (TPSA) is 64.1 Å². The van der Waals surface area contributed by atoms with Crippen LogP contribution in [-0.2, 0) is 13.0 Å². The summed E-state index contributed by atoms with van der Waals surface area (Å²) < 4.78 is 16.3. The summed E-state index contributed by atoms with van der Waals surface area (Å²) in [5, 5.41) is 6.67. The average molecular weight is 513 g/mol. The highest BCUT2D eigenvalue weighted by Gasteiger charge is 2.15. The van der Waals surface area contributed by atoms with Crippen molar-refractivity contribution in [3.63, 3.8) is 0 Å². The molecule has 0 aliphatic rings. The predicted octanol–water partition coefficient (Wildman–Crippen LogP) is 4.02. The van der Waals surface area contributed by atoms with E-state index in [-0.39, 0.29) is 24.0 Å². The summed E-state index contributed by atoms with van der Waals surface area (Å²) in [5.41, 5.74) is 2.28. The highest BCUT2D eigenvalue weighted by atomic mass is 127. The molecule has 2 N–H and O–H groups in total. The molecule has 0 saturated carbocycles. The molecule has 0 heterocycles. The van der Waals surface area contributed by atoms with Gasteiger partial charge in [-0.15, -0.1) is 24.0 Å². The van der Waals surface area contributed by atoms with Crippen molar-refractivity contribution in [1.29, 1.82) is 0 Å². The molecule has 0 amide bonds. The first kappa shape index (κ1) is 24.9. The van der Waals surface area contributed by atoms with Crippen molar-refractivity contribution in [1.82, 2.24) is 10.6 Å². The maximum Gasteiger partial charge on any atom is 0.203 e. The molecule has 0 spiro atoms. The average Bonchev–Trinajstić information content (AvgIpc) is 2.74. The van der Waals surface area contributed by atoms with E-state index in [2.05, 4.69) is 46.8 Å². The van der Waals surface area contributed by atoms with Crippen molar-refractivity contribution in [2.45, 2.75) is 26.3 Å². The van der Waals surface area contributed by atoms with Gasteiger partial charge in [-0.1, -0.05) is 30.3 Å². The van der Waals surface area contributed by atoms with E-state index in [4.69, 9.17) is 14.2 Å². The lowest BCUT2D eigenvalue weighted by Gasteiger charge is -2.15. The molecular formula is C22H32IN3O3. The Hall–Kier alpha value is -2.16. The molecule has 0 aliphatic carbocycles. The molecule has 0 fully saturated rings. The van der Waals surface area contributed by atoms with E-state index in [1.165, 1.54) is 5.56 Å². The van der Waals surface area contributed by atoms with E-state index in [1.807, 2.05) is 18.2 Å². The van der Waals surface area contributed by atoms with Crippen LogP contribution >= 0.6 is 24.0 Å². The molecule has 160 valence electrons. The first-order chi connectivity index (χ1) is 13.7. The molecular weight excluding hydrogens is 481 g/mol. The molecule has 6 nitrogen and oxygen atoms in total. The zero-order valence-electron chi connectivity index (χ0n) is 17.7.